The lowest BCUT2D eigenvalue weighted by Crippen LogP contribution is -2.10. The second-order valence-corrected chi connectivity index (χ2v) is 3.96. The van der Waals surface area contributed by atoms with E-state index < -0.39 is 18.3 Å². The molecule has 0 aliphatic carbocycles. The van der Waals surface area contributed by atoms with Crippen molar-refractivity contribution in [3.8, 4) is 0 Å². The molecule has 0 atom stereocenters. The third-order valence-corrected chi connectivity index (χ3v) is 1.94. The third-order valence-electron chi connectivity index (χ3n) is 0.356. The highest BCUT2D eigenvalue weighted by Crippen LogP contribution is 2.42. The first-order valence-corrected chi connectivity index (χ1v) is 4.77. The Morgan fingerprint density at radius 1 is 1.00 bits per heavy atom. The average molecular weight is 339 g/mol. The molecule has 0 rings (SSSR count). The fourth-order valence-corrected chi connectivity index (χ4v) is 1.27. The molecular weight excluding hydrogens is 339 g/mol. The molecule has 0 saturated heterocycles. The lowest BCUT2D eigenvalue weighted by atomic mass is 11.5. The van der Waals surface area contributed by atoms with Crippen LogP contribution in [0.2, 0.25) is 0 Å². The molecule has 0 aromatic heterocycles. The summed E-state index contributed by atoms with van der Waals surface area (Å²) in [5.41, 5.74) is 0. The minimum Gasteiger partial charge on any atom is -0.161 e. The van der Waals surface area contributed by atoms with Crippen molar-refractivity contribution in [1.29, 1.82) is 0 Å². The van der Waals surface area contributed by atoms with Crippen LogP contribution < -0.4 is 0 Å². The summed E-state index contributed by atoms with van der Waals surface area (Å²) in [7, 11) is -3.60. The van der Waals surface area contributed by atoms with Crippen molar-refractivity contribution in [2.24, 2.45) is 0 Å². The Bertz CT molecular complexity index is 158. The predicted molar refractivity (Wildman–Crippen MR) is 37.5 cm³/mol. The van der Waals surface area contributed by atoms with E-state index in [0.29, 0.717) is 0 Å². The van der Waals surface area contributed by atoms with Crippen molar-refractivity contribution < 1.29 is 31.2 Å². The van der Waals surface area contributed by atoms with Gasteiger partial charge in [0.05, 0.1) is 0 Å². The minimum atomic E-state index is -3.96. The van der Waals surface area contributed by atoms with Gasteiger partial charge in [0.2, 0.25) is 0 Å². The third kappa shape index (κ3) is 8.79. The molecule has 0 bridgehead atoms. The summed E-state index contributed by atoms with van der Waals surface area (Å²) in [6.07, 6.45) is 0. The maximum absolute atomic E-state index is 11.7. The fourth-order valence-electron chi connectivity index (χ4n) is 0.188. The highest BCUT2D eigenvalue weighted by atomic mass is 79.9. The molecule has 0 radical (unpaired) electrons. The molecule has 0 unspecified atom stereocenters. The smallest absolute Gasteiger partial charge is 0.161 e. The van der Waals surface area contributed by atoms with Gasteiger partial charge in [-0.15, -0.1) is 0 Å². The zero-order valence-electron chi connectivity index (χ0n) is 4.94. The fraction of sp³-hybridized carbons (Fsp3) is 1.00. The van der Waals surface area contributed by atoms with Crippen LogP contribution in [-0.2, 0) is 13.6 Å². The Kier molecular flexibility index (Phi) is 4.53. The molecule has 0 saturated carbocycles. The van der Waals surface area contributed by atoms with Gasteiger partial charge >= 0.3 is 18.3 Å². The van der Waals surface area contributed by atoms with Gasteiger partial charge in [-0.2, -0.15) is 17.6 Å². The Morgan fingerprint density at radius 3 is 1.42 bits per heavy atom. The monoisotopic (exact) mass is 337 g/mol. The Morgan fingerprint density at radius 2 is 1.25 bits per heavy atom. The van der Waals surface area contributed by atoms with E-state index in [0.717, 1.165) is 0 Å². The molecule has 0 aromatic rings. The van der Waals surface area contributed by atoms with Crippen molar-refractivity contribution in [3.05, 3.63) is 0 Å². The molecule has 10 heteroatoms. The molecule has 0 spiro atoms. The molecule has 0 heterocycles. The molecule has 0 aliphatic rings. The van der Waals surface area contributed by atoms with Crippen LogP contribution in [0, 0.1) is 0 Å². The normalized spacial score (nSPS) is 13.2. The van der Waals surface area contributed by atoms with Crippen LogP contribution in [0.3, 0.4) is 0 Å². The molecular formula is C2Br2F4O3P+. The Hall–Kier alpha value is 0.700. The summed E-state index contributed by atoms with van der Waals surface area (Å²) in [5, 5.41) is -7.92. The first-order valence-electron chi connectivity index (χ1n) is 2.09. The van der Waals surface area contributed by atoms with Gasteiger partial charge in [0.25, 0.3) is 0 Å². The summed E-state index contributed by atoms with van der Waals surface area (Å²) in [6.45, 7) is 0. The quantitative estimate of drug-likeness (QED) is 0.446. The molecule has 72 valence electrons. The van der Waals surface area contributed by atoms with Gasteiger partial charge in [-0.05, 0) is 9.05 Å². The van der Waals surface area contributed by atoms with Crippen molar-refractivity contribution in [2.45, 2.75) is 10.0 Å². The number of halogens is 6. The molecule has 0 N–H and O–H groups in total. The van der Waals surface area contributed by atoms with Gasteiger partial charge in [-0.3, -0.25) is 0 Å². The maximum Gasteiger partial charge on any atom is 0.711 e. The molecule has 0 amide bonds. The Balaban J connectivity index is 3.92. The second kappa shape index (κ2) is 4.28. The summed E-state index contributed by atoms with van der Waals surface area (Å²) < 4.78 is 63.4. The molecule has 0 aromatic carbocycles. The van der Waals surface area contributed by atoms with Gasteiger partial charge in [-0.1, -0.05) is 0 Å². The van der Waals surface area contributed by atoms with E-state index in [4.69, 9.17) is 0 Å². The lowest BCUT2D eigenvalue weighted by molar-refractivity contribution is -0.119. The molecule has 0 aliphatic heterocycles. The number of alkyl halides is 6. The van der Waals surface area contributed by atoms with E-state index in [9.17, 15) is 22.1 Å². The van der Waals surface area contributed by atoms with E-state index in [-0.39, 0.29) is 0 Å². The van der Waals surface area contributed by atoms with Gasteiger partial charge in [0.15, 0.2) is 0 Å². The standard InChI is InChI=1S/C2Br2F4O3P/c3-1(5,6)10-12(9)11-2(4,7)8/q+1. The van der Waals surface area contributed by atoms with Crippen LogP contribution in [0.15, 0.2) is 0 Å². The van der Waals surface area contributed by atoms with E-state index in [1.54, 1.807) is 31.9 Å². The summed E-state index contributed by atoms with van der Waals surface area (Å²) in [5.74, 6) is 0. The van der Waals surface area contributed by atoms with E-state index in [1.807, 2.05) is 0 Å². The van der Waals surface area contributed by atoms with Crippen molar-refractivity contribution in [3.63, 3.8) is 0 Å². The second-order valence-electron chi connectivity index (χ2n) is 1.30. The topological polar surface area (TPSA) is 35.5 Å². The van der Waals surface area contributed by atoms with Gasteiger partial charge in [0, 0.05) is 36.4 Å². The van der Waals surface area contributed by atoms with Crippen molar-refractivity contribution >= 4 is 40.1 Å². The van der Waals surface area contributed by atoms with Crippen LogP contribution in [-0.4, -0.2) is 10.0 Å². The van der Waals surface area contributed by atoms with Crippen molar-refractivity contribution in [1.82, 2.24) is 0 Å². The highest BCUT2D eigenvalue weighted by molar-refractivity contribution is 9.10. The zero-order chi connectivity index (χ0) is 9.99. The van der Waals surface area contributed by atoms with E-state index in [2.05, 4.69) is 9.05 Å². The average Bonchev–Trinajstić information content (AvgIpc) is 1.49. The van der Waals surface area contributed by atoms with Crippen LogP contribution in [0.4, 0.5) is 17.6 Å². The molecule has 12 heavy (non-hydrogen) atoms. The zero-order valence-corrected chi connectivity index (χ0v) is 9.01. The summed E-state index contributed by atoms with van der Waals surface area (Å²) in [6, 6.07) is 0. The molecule has 0 fully saturated rings. The summed E-state index contributed by atoms with van der Waals surface area (Å²) in [4.78, 5) is 0. The first-order chi connectivity index (χ1) is 5.10. The number of hydrogen-bond acceptors (Lipinski definition) is 3. The van der Waals surface area contributed by atoms with E-state index in [1.165, 1.54) is 0 Å². The first kappa shape index (κ1) is 12.7. The summed E-state index contributed by atoms with van der Waals surface area (Å²) >= 11 is 3.21. The highest BCUT2D eigenvalue weighted by Gasteiger charge is 2.47. The van der Waals surface area contributed by atoms with Gasteiger partial charge in [-0.25, -0.2) is 0 Å². The van der Waals surface area contributed by atoms with Gasteiger partial charge in [0.1, 0.15) is 0 Å². The van der Waals surface area contributed by atoms with E-state index >= 15 is 0 Å². The Labute approximate surface area is 81.6 Å². The lowest BCUT2D eigenvalue weighted by Gasteiger charge is -1.99. The maximum atomic E-state index is 11.7. The SMILES string of the molecule is O=[P+](OC(F)(F)Br)OC(F)(F)Br. The number of rotatable bonds is 4. The van der Waals surface area contributed by atoms with Crippen LogP contribution in [0.1, 0.15) is 0 Å². The largest absolute Gasteiger partial charge is 0.711 e. The van der Waals surface area contributed by atoms with Gasteiger partial charge < -0.3 is 0 Å². The van der Waals surface area contributed by atoms with Crippen LogP contribution in [0.5, 0.6) is 0 Å². The van der Waals surface area contributed by atoms with Crippen LogP contribution >= 0.6 is 40.1 Å². The van der Waals surface area contributed by atoms with Crippen LogP contribution in [0.25, 0.3) is 0 Å². The minimum absolute atomic E-state index is 1.61. The number of hydrogen-bond donors (Lipinski definition) is 0. The van der Waals surface area contributed by atoms with Crippen molar-refractivity contribution in [2.75, 3.05) is 0 Å². The predicted octanol–water partition coefficient (Wildman–Crippen LogP) is 3.57. The molecule has 3 nitrogen and oxygen atoms in total.